The molecule has 0 unspecified atom stereocenters. The van der Waals surface area contributed by atoms with Crippen molar-refractivity contribution in [3.8, 4) is 11.1 Å². The van der Waals surface area contributed by atoms with Crippen molar-refractivity contribution >= 4 is 23.4 Å². The molecule has 2 aromatic rings. The number of hydrogen-bond donors (Lipinski definition) is 2. The fourth-order valence-electron chi connectivity index (χ4n) is 4.07. The Morgan fingerprint density at radius 1 is 1.07 bits per heavy atom. The molecule has 1 aliphatic carbocycles. The van der Waals surface area contributed by atoms with E-state index >= 15 is 0 Å². The third-order valence-electron chi connectivity index (χ3n) is 5.93. The van der Waals surface area contributed by atoms with Crippen LogP contribution in [0.15, 0.2) is 48.5 Å². The largest absolute Gasteiger partial charge is 0.369 e. The number of carbonyl (C=O) groups is 3. The van der Waals surface area contributed by atoms with E-state index in [0.29, 0.717) is 31.5 Å². The van der Waals surface area contributed by atoms with Crippen molar-refractivity contribution < 1.29 is 14.4 Å². The summed E-state index contributed by atoms with van der Waals surface area (Å²) in [5, 5.41) is 2.95. The Labute approximate surface area is 170 Å². The molecule has 29 heavy (non-hydrogen) atoms. The molecule has 6 nitrogen and oxygen atoms in total. The van der Waals surface area contributed by atoms with E-state index in [2.05, 4.69) is 11.4 Å². The van der Waals surface area contributed by atoms with E-state index in [9.17, 15) is 14.4 Å². The van der Waals surface area contributed by atoms with Gasteiger partial charge in [-0.3, -0.25) is 14.4 Å². The third kappa shape index (κ3) is 3.62. The summed E-state index contributed by atoms with van der Waals surface area (Å²) in [6.07, 6.45) is 2.28. The highest BCUT2D eigenvalue weighted by atomic mass is 16.2. The van der Waals surface area contributed by atoms with Gasteiger partial charge in [-0.15, -0.1) is 0 Å². The van der Waals surface area contributed by atoms with Crippen molar-refractivity contribution in [1.82, 2.24) is 4.90 Å². The number of nitrogens with two attached hydrogens (primary N) is 1. The van der Waals surface area contributed by atoms with E-state index in [1.165, 1.54) is 10.5 Å². The smallest absolute Gasteiger partial charge is 0.247 e. The molecule has 1 aliphatic heterocycles. The van der Waals surface area contributed by atoms with Crippen molar-refractivity contribution in [3.05, 3.63) is 54.1 Å². The highest BCUT2D eigenvalue weighted by Crippen LogP contribution is 2.48. The van der Waals surface area contributed by atoms with Crippen LogP contribution in [0.25, 0.3) is 11.1 Å². The van der Waals surface area contributed by atoms with Crippen molar-refractivity contribution in [1.29, 1.82) is 0 Å². The second-order valence-corrected chi connectivity index (χ2v) is 8.04. The molecule has 150 valence electrons. The molecule has 3 N–H and O–H groups in total. The van der Waals surface area contributed by atoms with Crippen molar-refractivity contribution in [2.75, 3.05) is 11.9 Å². The van der Waals surface area contributed by atoms with Crippen LogP contribution < -0.4 is 11.1 Å². The van der Waals surface area contributed by atoms with E-state index in [4.69, 9.17) is 5.73 Å². The molecule has 0 bridgehead atoms. The molecular formula is C23H25N3O3. The Morgan fingerprint density at radius 2 is 1.76 bits per heavy atom. The molecule has 1 saturated carbocycles. The molecule has 1 saturated heterocycles. The summed E-state index contributed by atoms with van der Waals surface area (Å²) in [5.41, 5.74) is 8.29. The number of rotatable bonds is 5. The van der Waals surface area contributed by atoms with Gasteiger partial charge in [0.15, 0.2) is 0 Å². The summed E-state index contributed by atoms with van der Waals surface area (Å²) in [5.74, 6) is -1.10. The van der Waals surface area contributed by atoms with Crippen LogP contribution in [0.5, 0.6) is 0 Å². The average molecular weight is 391 g/mol. The van der Waals surface area contributed by atoms with Gasteiger partial charge in [-0.05, 0) is 55.9 Å². The summed E-state index contributed by atoms with van der Waals surface area (Å²) in [7, 11) is 0. The maximum Gasteiger partial charge on any atom is 0.247 e. The van der Waals surface area contributed by atoms with Gasteiger partial charge in [-0.1, -0.05) is 42.0 Å². The monoisotopic (exact) mass is 391 g/mol. The van der Waals surface area contributed by atoms with Gasteiger partial charge in [0.2, 0.25) is 17.7 Å². The second kappa shape index (κ2) is 7.35. The molecule has 2 aliphatic rings. The second-order valence-electron chi connectivity index (χ2n) is 8.04. The Hall–Kier alpha value is -3.15. The molecule has 6 heteroatoms. The Morgan fingerprint density at radius 3 is 2.41 bits per heavy atom. The minimum atomic E-state index is -1.09. The topological polar surface area (TPSA) is 92.5 Å². The minimum absolute atomic E-state index is 0.225. The zero-order chi connectivity index (χ0) is 20.6. The van der Waals surface area contributed by atoms with Crippen molar-refractivity contribution in [2.24, 2.45) is 11.1 Å². The zero-order valence-electron chi connectivity index (χ0n) is 16.5. The molecule has 2 aromatic carbocycles. The highest BCUT2D eigenvalue weighted by Gasteiger charge is 2.58. The van der Waals surface area contributed by atoms with Crippen LogP contribution in [0.4, 0.5) is 5.69 Å². The molecule has 2 fully saturated rings. The van der Waals surface area contributed by atoms with Gasteiger partial charge in [0, 0.05) is 12.2 Å². The number of amides is 3. The lowest BCUT2D eigenvalue weighted by atomic mass is 10.0. The van der Waals surface area contributed by atoms with Gasteiger partial charge in [0.1, 0.15) is 11.5 Å². The first kappa shape index (κ1) is 19.2. The number of carbonyl (C=O) groups excluding carboxylic acids is 3. The van der Waals surface area contributed by atoms with Gasteiger partial charge >= 0.3 is 0 Å². The van der Waals surface area contributed by atoms with Gasteiger partial charge in [0.25, 0.3) is 0 Å². The normalized spacial score (nSPS) is 19.6. The molecule has 1 atom stereocenters. The Balaban J connectivity index is 1.50. The Bertz CT molecular complexity index is 981. The van der Waals surface area contributed by atoms with E-state index in [-0.39, 0.29) is 11.8 Å². The van der Waals surface area contributed by atoms with E-state index in [1.54, 1.807) is 0 Å². The van der Waals surface area contributed by atoms with Crippen LogP contribution in [0.3, 0.4) is 0 Å². The molecule has 3 amide bonds. The number of hydrogen-bond acceptors (Lipinski definition) is 3. The van der Waals surface area contributed by atoms with E-state index < -0.39 is 17.4 Å². The van der Waals surface area contributed by atoms with Gasteiger partial charge in [0.05, 0.1) is 0 Å². The summed E-state index contributed by atoms with van der Waals surface area (Å²) in [4.78, 5) is 39.0. The lowest BCUT2D eigenvalue weighted by Crippen LogP contribution is -2.49. The standard InChI is InChI=1S/C23H25N3O3/c1-15-5-2-6-16(13-15)17-7-3-8-18(14-17)25-20(27)19-9-4-12-26(19)22(29)23(10-11-23)21(24)28/h2-3,5-8,13-14,19H,4,9-12H2,1H3,(H2,24,28)(H,25,27)/t19-/m1/s1. The predicted octanol–water partition coefficient (Wildman–Crippen LogP) is 2.86. The molecular weight excluding hydrogens is 366 g/mol. The van der Waals surface area contributed by atoms with Crippen LogP contribution in [-0.2, 0) is 14.4 Å². The maximum atomic E-state index is 12.9. The maximum absolute atomic E-state index is 12.9. The van der Waals surface area contributed by atoms with E-state index in [0.717, 1.165) is 17.5 Å². The number of likely N-dealkylation sites (tertiary alicyclic amines) is 1. The lowest BCUT2D eigenvalue weighted by molar-refractivity contribution is -0.146. The predicted molar refractivity (Wildman–Crippen MR) is 111 cm³/mol. The van der Waals surface area contributed by atoms with Gasteiger partial charge in [-0.2, -0.15) is 0 Å². The molecule has 0 aromatic heterocycles. The molecule has 0 radical (unpaired) electrons. The number of benzene rings is 2. The molecule has 1 heterocycles. The fourth-order valence-corrected chi connectivity index (χ4v) is 4.07. The van der Waals surface area contributed by atoms with E-state index in [1.807, 2.05) is 49.4 Å². The molecule has 0 spiro atoms. The number of primary amides is 1. The summed E-state index contributed by atoms with van der Waals surface area (Å²) < 4.78 is 0. The van der Waals surface area contributed by atoms with Gasteiger partial charge < -0.3 is 16.0 Å². The number of nitrogens with zero attached hydrogens (tertiary/aromatic N) is 1. The van der Waals surface area contributed by atoms with Crippen molar-refractivity contribution in [3.63, 3.8) is 0 Å². The number of anilines is 1. The van der Waals surface area contributed by atoms with Crippen LogP contribution >= 0.6 is 0 Å². The van der Waals surface area contributed by atoms with Crippen molar-refractivity contribution in [2.45, 2.75) is 38.6 Å². The fraction of sp³-hybridized carbons (Fsp3) is 0.348. The first-order valence-electron chi connectivity index (χ1n) is 10.00. The quantitative estimate of drug-likeness (QED) is 0.768. The van der Waals surface area contributed by atoms with Crippen LogP contribution in [0, 0.1) is 12.3 Å². The number of aryl methyl sites for hydroxylation is 1. The SMILES string of the molecule is Cc1cccc(-c2cccc(NC(=O)[C@H]3CCCN3C(=O)C3(C(N)=O)CC3)c2)c1. The highest BCUT2D eigenvalue weighted by molar-refractivity contribution is 6.09. The van der Waals surface area contributed by atoms with Crippen LogP contribution in [0.1, 0.15) is 31.2 Å². The van der Waals surface area contributed by atoms with Crippen LogP contribution in [0.2, 0.25) is 0 Å². The minimum Gasteiger partial charge on any atom is -0.369 e. The van der Waals surface area contributed by atoms with Gasteiger partial charge in [-0.25, -0.2) is 0 Å². The molecule has 4 rings (SSSR count). The van der Waals surface area contributed by atoms with Crippen LogP contribution in [-0.4, -0.2) is 35.2 Å². The summed E-state index contributed by atoms with van der Waals surface area (Å²) in [6, 6.07) is 15.3. The Kier molecular flexibility index (Phi) is 4.86. The summed E-state index contributed by atoms with van der Waals surface area (Å²) in [6.45, 7) is 2.52. The zero-order valence-corrected chi connectivity index (χ0v) is 16.5. The third-order valence-corrected chi connectivity index (χ3v) is 5.93. The first-order valence-corrected chi connectivity index (χ1v) is 10.00. The lowest BCUT2D eigenvalue weighted by Gasteiger charge is -2.27. The average Bonchev–Trinajstić information content (AvgIpc) is 3.38. The number of nitrogens with one attached hydrogen (secondary N) is 1. The summed E-state index contributed by atoms with van der Waals surface area (Å²) >= 11 is 0. The first-order chi connectivity index (χ1) is 13.9.